The van der Waals surface area contributed by atoms with E-state index in [-0.39, 0.29) is 17.9 Å². The molecule has 0 saturated heterocycles. The van der Waals surface area contributed by atoms with Crippen LogP contribution in [0.25, 0.3) is 0 Å². The minimum Gasteiger partial charge on any atom is -0.481 e. The predicted molar refractivity (Wildman–Crippen MR) is 72.5 cm³/mol. The van der Waals surface area contributed by atoms with Crippen LogP contribution in [-0.4, -0.2) is 28.0 Å². The molecule has 0 bridgehead atoms. The Morgan fingerprint density at radius 1 is 1.47 bits per heavy atom. The number of nitrogens with zero attached hydrogens (tertiary/aromatic N) is 1. The number of aryl methyl sites for hydroxylation is 2. The fourth-order valence-electron chi connectivity index (χ4n) is 2.40. The van der Waals surface area contributed by atoms with Crippen molar-refractivity contribution in [3.8, 4) is 0 Å². The molecule has 2 N–H and O–H groups in total. The lowest BCUT2D eigenvalue weighted by molar-refractivity contribution is -0.141. The summed E-state index contributed by atoms with van der Waals surface area (Å²) in [5.74, 6) is -1.20. The van der Waals surface area contributed by atoms with Crippen molar-refractivity contribution in [2.24, 2.45) is 5.92 Å². The third kappa shape index (κ3) is 3.12. The number of nitrogens with one attached hydrogen (secondary N) is 1. The zero-order chi connectivity index (χ0) is 14.0. The van der Waals surface area contributed by atoms with E-state index in [9.17, 15) is 9.59 Å². The maximum atomic E-state index is 12.1. The summed E-state index contributed by atoms with van der Waals surface area (Å²) < 4.78 is 0. The number of aromatic nitrogens is 1. The molecule has 1 heterocycles. The third-order valence-electron chi connectivity index (χ3n) is 3.47. The normalized spacial score (nSPS) is 22.4. The van der Waals surface area contributed by atoms with Crippen LogP contribution in [0.15, 0.2) is 0 Å². The first kappa shape index (κ1) is 14.0. The van der Waals surface area contributed by atoms with E-state index in [4.69, 9.17) is 5.11 Å². The average molecular weight is 282 g/mol. The molecule has 19 heavy (non-hydrogen) atoms. The van der Waals surface area contributed by atoms with E-state index < -0.39 is 5.97 Å². The van der Waals surface area contributed by atoms with Gasteiger partial charge in [-0.1, -0.05) is 6.92 Å². The zero-order valence-corrected chi connectivity index (χ0v) is 11.9. The van der Waals surface area contributed by atoms with Crippen molar-refractivity contribution in [2.45, 2.75) is 45.6 Å². The van der Waals surface area contributed by atoms with E-state index >= 15 is 0 Å². The molecule has 0 radical (unpaired) electrons. The Bertz CT molecular complexity index is 498. The van der Waals surface area contributed by atoms with Gasteiger partial charge in [0.05, 0.1) is 16.6 Å². The summed E-state index contributed by atoms with van der Waals surface area (Å²) in [5.41, 5.74) is 0.757. The van der Waals surface area contributed by atoms with Crippen LogP contribution in [0.2, 0.25) is 0 Å². The van der Waals surface area contributed by atoms with Gasteiger partial charge in [0.15, 0.2) is 0 Å². The van der Waals surface area contributed by atoms with Crippen LogP contribution in [0, 0.1) is 12.8 Å². The molecule has 2 rings (SSSR count). The van der Waals surface area contributed by atoms with Crippen molar-refractivity contribution in [3.63, 3.8) is 0 Å². The predicted octanol–water partition coefficient (Wildman–Crippen LogP) is 2.00. The van der Waals surface area contributed by atoms with Gasteiger partial charge in [-0.2, -0.15) is 0 Å². The molecule has 1 aliphatic carbocycles. The monoisotopic (exact) mass is 282 g/mol. The van der Waals surface area contributed by atoms with E-state index in [2.05, 4.69) is 10.3 Å². The van der Waals surface area contributed by atoms with Crippen molar-refractivity contribution in [1.29, 1.82) is 0 Å². The van der Waals surface area contributed by atoms with E-state index in [0.717, 1.165) is 23.5 Å². The number of amides is 1. The van der Waals surface area contributed by atoms with Gasteiger partial charge in [0.2, 0.25) is 0 Å². The van der Waals surface area contributed by atoms with Crippen molar-refractivity contribution >= 4 is 23.2 Å². The van der Waals surface area contributed by atoms with Crippen LogP contribution >= 0.6 is 11.3 Å². The summed E-state index contributed by atoms with van der Waals surface area (Å²) in [6, 6.07) is -0.0276. The van der Waals surface area contributed by atoms with Crippen molar-refractivity contribution in [1.82, 2.24) is 10.3 Å². The van der Waals surface area contributed by atoms with E-state index in [0.29, 0.717) is 17.7 Å². The molecule has 1 fully saturated rings. The Balaban J connectivity index is 1.98. The highest BCUT2D eigenvalue weighted by Gasteiger charge is 2.31. The van der Waals surface area contributed by atoms with E-state index in [1.54, 1.807) is 0 Å². The Labute approximate surface area is 116 Å². The third-order valence-corrected chi connectivity index (χ3v) is 4.77. The fraction of sp³-hybridized carbons (Fsp3) is 0.615. The number of rotatable bonds is 4. The standard InChI is InChI=1S/C13H18N2O3S/c1-3-10-14-7(2)11(19-10)12(16)15-9-5-4-8(6-9)13(17)18/h8-9H,3-6H2,1-2H3,(H,15,16)(H,17,18)/t8-,9+/m0/s1. The number of carboxylic acid groups (broad SMARTS) is 1. The van der Waals surface area contributed by atoms with Crippen molar-refractivity contribution in [2.75, 3.05) is 0 Å². The zero-order valence-electron chi connectivity index (χ0n) is 11.1. The Kier molecular flexibility index (Phi) is 4.19. The van der Waals surface area contributed by atoms with Crippen molar-refractivity contribution in [3.05, 3.63) is 15.6 Å². The van der Waals surface area contributed by atoms with Crippen LogP contribution in [-0.2, 0) is 11.2 Å². The van der Waals surface area contributed by atoms with Gasteiger partial charge in [-0.3, -0.25) is 9.59 Å². The molecule has 1 aromatic heterocycles. The van der Waals surface area contributed by atoms with E-state index in [1.165, 1.54) is 11.3 Å². The molecule has 1 saturated carbocycles. The van der Waals surface area contributed by atoms with Crippen LogP contribution in [0.5, 0.6) is 0 Å². The molecule has 0 aromatic carbocycles. The molecule has 1 aliphatic rings. The average Bonchev–Trinajstić information content (AvgIpc) is 2.95. The van der Waals surface area contributed by atoms with Gasteiger partial charge in [0.25, 0.3) is 5.91 Å². The van der Waals surface area contributed by atoms with Crippen LogP contribution < -0.4 is 5.32 Å². The molecular formula is C13H18N2O3S. The lowest BCUT2D eigenvalue weighted by atomic mass is 10.1. The van der Waals surface area contributed by atoms with Gasteiger partial charge in [0, 0.05) is 6.04 Å². The Morgan fingerprint density at radius 2 is 2.21 bits per heavy atom. The smallest absolute Gasteiger partial charge is 0.306 e. The molecule has 5 nitrogen and oxygen atoms in total. The highest BCUT2D eigenvalue weighted by molar-refractivity contribution is 7.13. The largest absolute Gasteiger partial charge is 0.481 e. The number of thiazole rings is 1. The second-order valence-electron chi connectivity index (χ2n) is 4.89. The molecule has 0 unspecified atom stereocenters. The van der Waals surface area contributed by atoms with Gasteiger partial charge in [-0.15, -0.1) is 11.3 Å². The number of carboxylic acids is 1. The van der Waals surface area contributed by atoms with Gasteiger partial charge >= 0.3 is 5.97 Å². The summed E-state index contributed by atoms with van der Waals surface area (Å²) in [4.78, 5) is 28.0. The van der Waals surface area contributed by atoms with Crippen molar-refractivity contribution < 1.29 is 14.7 Å². The Hall–Kier alpha value is -1.43. The molecular weight excluding hydrogens is 264 g/mol. The number of aliphatic carboxylic acids is 1. The highest BCUT2D eigenvalue weighted by atomic mass is 32.1. The topological polar surface area (TPSA) is 79.3 Å². The molecule has 0 aliphatic heterocycles. The number of carbonyl (C=O) groups is 2. The SMILES string of the molecule is CCc1nc(C)c(C(=O)N[C@@H]2CC[C@H](C(=O)O)C2)s1. The van der Waals surface area contributed by atoms with Gasteiger partial charge in [0.1, 0.15) is 4.88 Å². The summed E-state index contributed by atoms with van der Waals surface area (Å²) in [6.45, 7) is 3.84. The number of hydrogen-bond acceptors (Lipinski definition) is 4. The highest BCUT2D eigenvalue weighted by Crippen LogP contribution is 2.26. The summed E-state index contributed by atoms with van der Waals surface area (Å²) in [5, 5.41) is 12.8. The summed E-state index contributed by atoms with van der Waals surface area (Å²) in [6.07, 6.45) is 2.73. The maximum absolute atomic E-state index is 12.1. The van der Waals surface area contributed by atoms with Gasteiger partial charge in [-0.05, 0) is 32.6 Å². The second-order valence-corrected chi connectivity index (χ2v) is 5.98. The quantitative estimate of drug-likeness (QED) is 0.885. The second kappa shape index (κ2) is 5.69. The number of carbonyl (C=O) groups excluding carboxylic acids is 1. The summed E-state index contributed by atoms with van der Waals surface area (Å²) in [7, 11) is 0. The van der Waals surface area contributed by atoms with Gasteiger partial charge in [-0.25, -0.2) is 4.98 Å². The van der Waals surface area contributed by atoms with Crippen LogP contribution in [0.1, 0.15) is 46.6 Å². The van der Waals surface area contributed by atoms with Gasteiger partial charge < -0.3 is 10.4 Å². The fourth-order valence-corrected chi connectivity index (χ4v) is 3.31. The van der Waals surface area contributed by atoms with E-state index in [1.807, 2.05) is 13.8 Å². The minimum absolute atomic E-state index is 0.0276. The Morgan fingerprint density at radius 3 is 2.74 bits per heavy atom. The minimum atomic E-state index is -0.765. The lowest BCUT2D eigenvalue weighted by Crippen LogP contribution is -2.33. The van der Waals surface area contributed by atoms with Crippen LogP contribution in [0.3, 0.4) is 0 Å². The maximum Gasteiger partial charge on any atom is 0.306 e. The lowest BCUT2D eigenvalue weighted by Gasteiger charge is -2.11. The molecule has 2 atom stereocenters. The molecule has 104 valence electrons. The molecule has 1 amide bonds. The first-order valence-corrected chi connectivity index (χ1v) is 7.32. The molecule has 1 aromatic rings. The first-order chi connectivity index (χ1) is 9.01. The molecule has 0 spiro atoms. The number of hydrogen-bond donors (Lipinski definition) is 2. The molecule has 6 heteroatoms. The first-order valence-electron chi connectivity index (χ1n) is 6.51. The summed E-state index contributed by atoms with van der Waals surface area (Å²) >= 11 is 1.42. The van der Waals surface area contributed by atoms with Crippen LogP contribution in [0.4, 0.5) is 0 Å².